The van der Waals surface area contributed by atoms with E-state index in [9.17, 15) is 22.8 Å². The molecular formula is C15H18F3NO4. The molecule has 0 fully saturated rings. The van der Waals surface area contributed by atoms with E-state index in [-0.39, 0.29) is 30.7 Å². The minimum atomic E-state index is -4.74. The molecule has 0 bridgehead atoms. The van der Waals surface area contributed by atoms with Crippen molar-refractivity contribution in [2.24, 2.45) is 0 Å². The Hall–Kier alpha value is -2.25. The molecule has 0 saturated carbocycles. The fourth-order valence-electron chi connectivity index (χ4n) is 1.96. The van der Waals surface area contributed by atoms with E-state index in [1.165, 1.54) is 29.2 Å². The number of carbonyl (C=O) groups is 2. The number of alkyl halides is 3. The summed E-state index contributed by atoms with van der Waals surface area (Å²) in [5.74, 6) is -1.75. The molecule has 0 aliphatic heterocycles. The Morgan fingerprint density at radius 1 is 1.22 bits per heavy atom. The van der Waals surface area contributed by atoms with Crippen molar-refractivity contribution in [1.82, 2.24) is 4.90 Å². The summed E-state index contributed by atoms with van der Waals surface area (Å²) in [6, 6.07) is 4.97. The van der Waals surface area contributed by atoms with Crippen LogP contribution in [0.15, 0.2) is 24.3 Å². The minimum absolute atomic E-state index is 0.0743. The number of halogens is 3. The smallest absolute Gasteiger partial charge is 0.480 e. The Morgan fingerprint density at radius 2 is 1.78 bits per heavy atom. The van der Waals surface area contributed by atoms with Crippen molar-refractivity contribution in [3.05, 3.63) is 29.8 Å². The number of aryl methyl sites for hydroxylation is 1. The van der Waals surface area contributed by atoms with Crippen LogP contribution in [0.2, 0.25) is 0 Å². The Morgan fingerprint density at radius 3 is 2.22 bits per heavy atom. The Labute approximate surface area is 131 Å². The summed E-state index contributed by atoms with van der Waals surface area (Å²) in [7, 11) is 0. The molecule has 0 atom stereocenters. The second-order valence-corrected chi connectivity index (χ2v) is 5.20. The number of rotatable bonds is 7. The molecule has 1 rings (SSSR count). The van der Waals surface area contributed by atoms with Crippen LogP contribution in [0.25, 0.3) is 0 Å². The van der Waals surface area contributed by atoms with Gasteiger partial charge in [-0.3, -0.25) is 9.59 Å². The van der Waals surface area contributed by atoms with Gasteiger partial charge in [0.2, 0.25) is 5.91 Å². The highest BCUT2D eigenvalue weighted by molar-refractivity contribution is 5.81. The van der Waals surface area contributed by atoms with Crippen LogP contribution >= 0.6 is 0 Å². The molecule has 0 aliphatic carbocycles. The maximum absolute atomic E-state index is 12.0. The van der Waals surface area contributed by atoms with Gasteiger partial charge in [0.1, 0.15) is 12.3 Å². The van der Waals surface area contributed by atoms with Gasteiger partial charge in [0, 0.05) is 12.5 Å². The number of ether oxygens (including phenoxy) is 1. The first-order valence-electron chi connectivity index (χ1n) is 6.94. The molecule has 1 N–H and O–H groups in total. The third kappa shape index (κ3) is 7.03. The van der Waals surface area contributed by atoms with Crippen molar-refractivity contribution in [3.63, 3.8) is 0 Å². The molecule has 0 saturated heterocycles. The lowest BCUT2D eigenvalue weighted by atomic mass is 10.1. The molecule has 0 radical (unpaired) electrons. The average Bonchev–Trinajstić information content (AvgIpc) is 2.41. The first-order valence-corrected chi connectivity index (χ1v) is 6.94. The second-order valence-electron chi connectivity index (χ2n) is 5.20. The number of hydrogen-bond donors (Lipinski definition) is 1. The minimum Gasteiger partial charge on any atom is -0.480 e. The Bertz CT molecular complexity index is 541. The highest BCUT2D eigenvalue weighted by atomic mass is 19.4. The van der Waals surface area contributed by atoms with Gasteiger partial charge in [-0.1, -0.05) is 12.1 Å². The topological polar surface area (TPSA) is 66.8 Å². The van der Waals surface area contributed by atoms with E-state index in [2.05, 4.69) is 4.74 Å². The Balaban J connectivity index is 2.60. The molecule has 1 aromatic carbocycles. The van der Waals surface area contributed by atoms with Gasteiger partial charge in [0.05, 0.1) is 0 Å². The van der Waals surface area contributed by atoms with Gasteiger partial charge >= 0.3 is 12.3 Å². The number of carboxylic acid groups (broad SMARTS) is 1. The lowest BCUT2D eigenvalue weighted by molar-refractivity contribution is -0.274. The zero-order chi connectivity index (χ0) is 17.6. The van der Waals surface area contributed by atoms with E-state index in [4.69, 9.17) is 5.11 Å². The number of carboxylic acids is 1. The number of aliphatic carboxylic acids is 1. The van der Waals surface area contributed by atoms with E-state index in [1.54, 1.807) is 13.8 Å². The number of amides is 1. The largest absolute Gasteiger partial charge is 0.573 e. The summed E-state index contributed by atoms with van der Waals surface area (Å²) in [5, 5.41) is 8.79. The number of carbonyl (C=O) groups excluding carboxylic acids is 1. The lowest BCUT2D eigenvalue weighted by Gasteiger charge is -2.24. The van der Waals surface area contributed by atoms with E-state index < -0.39 is 12.3 Å². The maximum atomic E-state index is 12.0. The van der Waals surface area contributed by atoms with E-state index >= 15 is 0 Å². The highest BCUT2D eigenvalue weighted by Gasteiger charge is 2.30. The van der Waals surface area contributed by atoms with Crippen molar-refractivity contribution < 1.29 is 32.6 Å². The van der Waals surface area contributed by atoms with Crippen LogP contribution in [0.1, 0.15) is 25.8 Å². The molecule has 0 heterocycles. The van der Waals surface area contributed by atoms with Crippen molar-refractivity contribution >= 4 is 11.9 Å². The van der Waals surface area contributed by atoms with Crippen molar-refractivity contribution in [1.29, 1.82) is 0 Å². The number of benzene rings is 1. The first kappa shape index (κ1) is 18.8. The predicted molar refractivity (Wildman–Crippen MR) is 75.9 cm³/mol. The maximum Gasteiger partial charge on any atom is 0.573 e. The van der Waals surface area contributed by atoms with Gasteiger partial charge in [-0.05, 0) is 38.0 Å². The zero-order valence-corrected chi connectivity index (χ0v) is 12.8. The van der Waals surface area contributed by atoms with Crippen LogP contribution in [0, 0.1) is 0 Å². The molecule has 1 aromatic rings. The molecule has 23 heavy (non-hydrogen) atoms. The highest BCUT2D eigenvalue weighted by Crippen LogP contribution is 2.23. The van der Waals surface area contributed by atoms with Gasteiger partial charge < -0.3 is 14.7 Å². The van der Waals surface area contributed by atoms with Gasteiger partial charge in [-0.2, -0.15) is 0 Å². The fraction of sp³-hybridized carbons (Fsp3) is 0.467. The van der Waals surface area contributed by atoms with Gasteiger partial charge in [-0.25, -0.2) is 0 Å². The quantitative estimate of drug-likeness (QED) is 0.833. The molecule has 0 unspecified atom stereocenters. The predicted octanol–water partition coefficient (Wildman–Crippen LogP) is 2.84. The van der Waals surface area contributed by atoms with Crippen LogP contribution < -0.4 is 4.74 Å². The zero-order valence-electron chi connectivity index (χ0n) is 12.8. The summed E-state index contributed by atoms with van der Waals surface area (Å²) >= 11 is 0. The Kier molecular flexibility index (Phi) is 6.41. The molecule has 5 nitrogen and oxygen atoms in total. The summed E-state index contributed by atoms with van der Waals surface area (Å²) in [4.78, 5) is 24.0. The van der Waals surface area contributed by atoms with Crippen LogP contribution in [-0.4, -0.2) is 40.8 Å². The lowest BCUT2D eigenvalue weighted by Crippen LogP contribution is -2.40. The summed E-state index contributed by atoms with van der Waals surface area (Å²) in [6.07, 6.45) is -4.37. The van der Waals surface area contributed by atoms with E-state index in [1.807, 2.05) is 0 Å². The normalized spacial score (nSPS) is 11.4. The van der Waals surface area contributed by atoms with Crippen molar-refractivity contribution in [2.75, 3.05) is 6.54 Å². The first-order chi connectivity index (χ1) is 10.6. The van der Waals surface area contributed by atoms with Crippen LogP contribution in [0.3, 0.4) is 0 Å². The SMILES string of the molecule is CC(C)N(CC(=O)O)C(=O)CCc1ccc(OC(F)(F)F)cc1. The number of hydrogen-bond acceptors (Lipinski definition) is 3. The molecule has 1 amide bonds. The third-order valence-corrected chi connectivity index (χ3v) is 3.03. The molecule has 0 aliphatic rings. The molecule has 0 spiro atoms. The fourth-order valence-corrected chi connectivity index (χ4v) is 1.96. The van der Waals surface area contributed by atoms with Gasteiger partial charge in [-0.15, -0.1) is 13.2 Å². The van der Waals surface area contributed by atoms with Gasteiger partial charge in [0.15, 0.2) is 0 Å². The van der Waals surface area contributed by atoms with E-state index in [0.717, 1.165) is 0 Å². The molecular weight excluding hydrogens is 315 g/mol. The summed E-state index contributed by atoms with van der Waals surface area (Å²) in [6.45, 7) is 3.04. The standard InChI is InChI=1S/C15H18F3NO4/c1-10(2)19(9-14(21)22)13(20)8-5-11-3-6-12(7-4-11)23-15(16,17)18/h3-4,6-7,10H,5,8-9H2,1-2H3,(H,21,22). The summed E-state index contributed by atoms with van der Waals surface area (Å²) < 4.78 is 39.9. The molecule has 0 aromatic heterocycles. The molecule has 128 valence electrons. The third-order valence-electron chi connectivity index (χ3n) is 3.03. The van der Waals surface area contributed by atoms with Crippen molar-refractivity contribution in [2.45, 2.75) is 39.1 Å². The van der Waals surface area contributed by atoms with Crippen LogP contribution in [0.5, 0.6) is 5.75 Å². The van der Waals surface area contributed by atoms with Gasteiger partial charge in [0.25, 0.3) is 0 Å². The second kappa shape index (κ2) is 7.85. The monoisotopic (exact) mass is 333 g/mol. The number of nitrogens with zero attached hydrogens (tertiary/aromatic N) is 1. The van der Waals surface area contributed by atoms with Crippen molar-refractivity contribution in [3.8, 4) is 5.75 Å². The van der Waals surface area contributed by atoms with Crippen LogP contribution in [-0.2, 0) is 16.0 Å². The molecule has 8 heteroatoms. The van der Waals surface area contributed by atoms with Crippen LogP contribution in [0.4, 0.5) is 13.2 Å². The van der Waals surface area contributed by atoms with E-state index in [0.29, 0.717) is 12.0 Å². The average molecular weight is 333 g/mol. The summed E-state index contributed by atoms with van der Waals surface area (Å²) in [5.41, 5.74) is 0.659.